The molecule has 1 saturated heterocycles. The van der Waals surface area contributed by atoms with Gasteiger partial charge in [-0.15, -0.1) is 0 Å². The van der Waals surface area contributed by atoms with Gasteiger partial charge < -0.3 is 14.7 Å². The van der Waals surface area contributed by atoms with Crippen LogP contribution in [0.4, 0.5) is 4.39 Å². The molecule has 6 heteroatoms. The van der Waals surface area contributed by atoms with E-state index in [0.29, 0.717) is 30.9 Å². The lowest BCUT2D eigenvalue weighted by molar-refractivity contribution is -0.139. The van der Waals surface area contributed by atoms with Crippen molar-refractivity contribution in [3.05, 3.63) is 83.7 Å². The summed E-state index contributed by atoms with van der Waals surface area (Å²) in [6.07, 6.45) is 3.08. The van der Waals surface area contributed by atoms with Crippen LogP contribution in [0.5, 0.6) is 5.75 Å². The maximum Gasteiger partial charge on any atom is 0.295 e. The molecule has 0 saturated carbocycles. The molecule has 30 heavy (non-hydrogen) atoms. The van der Waals surface area contributed by atoms with Crippen molar-refractivity contribution in [2.45, 2.75) is 25.8 Å². The predicted molar refractivity (Wildman–Crippen MR) is 112 cm³/mol. The van der Waals surface area contributed by atoms with Gasteiger partial charge in [-0.25, -0.2) is 4.39 Å². The van der Waals surface area contributed by atoms with Crippen molar-refractivity contribution < 1.29 is 23.8 Å². The molecule has 1 aliphatic heterocycles. The van der Waals surface area contributed by atoms with Gasteiger partial charge in [0.25, 0.3) is 11.7 Å². The number of hydrogen-bond acceptors (Lipinski definition) is 4. The highest BCUT2D eigenvalue weighted by molar-refractivity contribution is 6.46. The number of likely N-dealkylation sites (tertiary alicyclic amines) is 1. The molecule has 1 aliphatic rings. The van der Waals surface area contributed by atoms with Crippen molar-refractivity contribution in [2.75, 3.05) is 13.2 Å². The number of carbonyl (C=O) groups excluding carboxylic acids is 2. The topological polar surface area (TPSA) is 66.8 Å². The third kappa shape index (κ3) is 4.13. The van der Waals surface area contributed by atoms with E-state index in [0.717, 1.165) is 6.42 Å². The second-order valence-corrected chi connectivity index (χ2v) is 6.99. The highest BCUT2D eigenvalue weighted by Crippen LogP contribution is 2.40. The number of ketones is 1. The molecule has 1 heterocycles. The Morgan fingerprint density at radius 1 is 1.20 bits per heavy atom. The quantitative estimate of drug-likeness (QED) is 0.299. The molecule has 2 aromatic rings. The number of Topliss-reactive ketones (excluding diaryl/α,β-unsaturated/α-hetero) is 1. The molecule has 5 nitrogen and oxygen atoms in total. The molecule has 3 rings (SSSR count). The van der Waals surface area contributed by atoms with E-state index in [1.807, 2.05) is 6.92 Å². The molecule has 0 aromatic heterocycles. The van der Waals surface area contributed by atoms with Gasteiger partial charge in [0, 0.05) is 17.7 Å². The number of ether oxygens (including phenoxy) is 1. The lowest BCUT2D eigenvalue weighted by Crippen LogP contribution is -2.31. The molecule has 1 amide bonds. The van der Waals surface area contributed by atoms with Gasteiger partial charge >= 0.3 is 0 Å². The zero-order valence-electron chi connectivity index (χ0n) is 16.8. The first-order valence-corrected chi connectivity index (χ1v) is 9.86. The second kappa shape index (κ2) is 9.39. The lowest BCUT2D eigenvalue weighted by atomic mass is 9.95. The van der Waals surface area contributed by atoms with E-state index in [9.17, 15) is 19.1 Å². The first-order chi connectivity index (χ1) is 14.5. The fourth-order valence-corrected chi connectivity index (χ4v) is 3.48. The summed E-state index contributed by atoms with van der Waals surface area (Å²) in [5.41, 5.74) is 0.414. The number of aliphatic hydroxyl groups excluding tert-OH is 1. The van der Waals surface area contributed by atoms with Gasteiger partial charge in [-0.1, -0.05) is 44.2 Å². The minimum atomic E-state index is -0.977. The molecule has 0 spiro atoms. The van der Waals surface area contributed by atoms with Gasteiger partial charge in [0.2, 0.25) is 0 Å². The summed E-state index contributed by atoms with van der Waals surface area (Å²) < 4.78 is 20.0. The molecule has 1 unspecified atom stereocenters. The highest BCUT2D eigenvalue weighted by Gasteiger charge is 2.46. The van der Waals surface area contributed by atoms with Crippen molar-refractivity contribution in [1.82, 2.24) is 4.90 Å². The number of amides is 1. The van der Waals surface area contributed by atoms with E-state index in [2.05, 4.69) is 6.58 Å². The molecule has 0 radical (unpaired) electrons. The van der Waals surface area contributed by atoms with Gasteiger partial charge in [0.05, 0.1) is 11.6 Å². The van der Waals surface area contributed by atoms with Crippen molar-refractivity contribution in [3.8, 4) is 5.75 Å². The number of benzene rings is 2. The largest absolute Gasteiger partial charge is 0.507 e. The molecule has 0 aliphatic carbocycles. The van der Waals surface area contributed by atoms with E-state index in [-0.39, 0.29) is 16.9 Å². The van der Waals surface area contributed by atoms with Gasteiger partial charge in [0.1, 0.15) is 23.9 Å². The number of hydrogen-bond donors (Lipinski definition) is 1. The number of halogens is 1. The maximum absolute atomic E-state index is 14.6. The Hall–Kier alpha value is -3.41. The molecule has 0 bridgehead atoms. The molecule has 1 fully saturated rings. The lowest BCUT2D eigenvalue weighted by Gasteiger charge is -2.25. The van der Waals surface area contributed by atoms with Crippen LogP contribution in [0, 0.1) is 5.82 Å². The Morgan fingerprint density at radius 3 is 2.53 bits per heavy atom. The van der Waals surface area contributed by atoms with Crippen LogP contribution in [0.3, 0.4) is 0 Å². The van der Waals surface area contributed by atoms with Crippen molar-refractivity contribution in [1.29, 1.82) is 0 Å². The smallest absolute Gasteiger partial charge is 0.295 e. The van der Waals surface area contributed by atoms with E-state index >= 15 is 0 Å². The molecule has 1 N–H and O–H groups in total. The minimum Gasteiger partial charge on any atom is -0.507 e. The van der Waals surface area contributed by atoms with Crippen LogP contribution in [-0.4, -0.2) is 34.8 Å². The number of unbranched alkanes of at least 4 members (excludes halogenated alkanes) is 1. The number of rotatable bonds is 8. The average molecular weight is 409 g/mol. The third-order valence-corrected chi connectivity index (χ3v) is 4.99. The van der Waals surface area contributed by atoms with Gasteiger partial charge in [0.15, 0.2) is 0 Å². The zero-order chi connectivity index (χ0) is 21.7. The summed E-state index contributed by atoms with van der Waals surface area (Å²) in [4.78, 5) is 26.9. The SMILES string of the molecule is C=CCOc1ccc(/C(O)=C2/C(=O)C(=O)N(CCCC)C2c2ccccc2F)cc1. The fraction of sp³-hybridized carbons (Fsp3) is 0.250. The Labute approximate surface area is 175 Å². The molecular weight excluding hydrogens is 385 g/mol. The first kappa shape index (κ1) is 21.3. The standard InChI is InChI=1S/C24H24FNO4/c1-3-5-14-26-21(18-8-6-7-9-19(18)25)20(23(28)24(26)29)22(27)16-10-12-17(13-11-16)30-15-4-2/h4,6-13,21,27H,2-3,5,14-15H2,1H3/b22-20-. The molecule has 156 valence electrons. The summed E-state index contributed by atoms with van der Waals surface area (Å²) in [6, 6.07) is 11.5. The molecule has 2 aromatic carbocycles. The summed E-state index contributed by atoms with van der Waals surface area (Å²) in [5.74, 6) is -1.85. The van der Waals surface area contributed by atoms with Crippen LogP contribution >= 0.6 is 0 Å². The van der Waals surface area contributed by atoms with Gasteiger partial charge in [-0.3, -0.25) is 9.59 Å². The Kier molecular flexibility index (Phi) is 6.67. The number of carbonyl (C=O) groups is 2. The van der Waals surface area contributed by atoms with Gasteiger partial charge in [-0.05, 0) is 36.8 Å². The van der Waals surface area contributed by atoms with E-state index in [1.165, 1.54) is 17.0 Å². The Bertz CT molecular complexity index is 981. The van der Waals surface area contributed by atoms with Crippen LogP contribution in [0.15, 0.2) is 66.8 Å². The van der Waals surface area contributed by atoms with Crippen LogP contribution < -0.4 is 4.74 Å². The zero-order valence-corrected chi connectivity index (χ0v) is 16.8. The highest BCUT2D eigenvalue weighted by atomic mass is 19.1. The van der Waals surface area contributed by atoms with Gasteiger partial charge in [-0.2, -0.15) is 0 Å². The monoisotopic (exact) mass is 409 g/mol. The Balaban J connectivity index is 2.08. The van der Waals surface area contributed by atoms with Crippen LogP contribution in [0.25, 0.3) is 5.76 Å². The van der Waals surface area contributed by atoms with Crippen LogP contribution in [0.2, 0.25) is 0 Å². The normalized spacial score (nSPS) is 17.9. The summed E-state index contributed by atoms with van der Waals surface area (Å²) in [5, 5.41) is 10.9. The summed E-state index contributed by atoms with van der Waals surface area (Å²) in [7, 11) is 0. The first-order valence-electron chi connectivity index (χ1n) is 9.86. The Morgan fingerprint density at radius 2 is 1.90 bits per heavy atom. The minimum absolute atomic E-state index is 0.110. The predicted octanol–water partition coefficient (Wildman–Crippen LogP) is 4.61. The van der Waals surface area contributed by atoms with E-state index < -0.39 is 23.5 Å². The number of nitrogens with zero attached hydrogens (tertiary/aromatic N) is 1. The maximum atomic E-state index is 14.6. The second-order valence-electron chi connectivity index (χ2n) is 6.99. The van der Waals surface area contributed by atoms with E-state index in [1.54, 1.807) is 42.5 Å². The summed E-state index contributed by atoms with van der Waals surface area (Å²) in [6.45, 7) is 6.18. The molecular formula is C24H24FNO4. The van der Waals surface area contributed by atoms with Crippen molar-refractivity contribution in [3.63, 3.8) is 0 Å². The fourth-order valence-electron chi connectivity index (χ4n) is 3.48. The van der Waals surface area contributed by atoms with Crippen molar-refractivity contribution in [2.24, 2.45) is 0 Å². The number of aliphatic hydroxyl groups is 1. The summed E-state index contributed by atoms with van der Waals surface area (Å²) >= 11 is 0. The third-order valence-electron chi connectivity index (χ3n) is 4.99. The average Bonchev–Trinajstić information content (AvgIpc) is 3.01. The van der Waals surface area contributed by atoms with E-state index in [4.69, 9.17) is 4.74 Å². The van der Waals surface area contributed by atoms with Crippen LogP contribution in [-0.2, 0) is 9.59 Å². The van der Waals surface area contributed by atoms with Crippen LogP contribution in [0.1, 0.15) is 36.9 Å². The van der Waals surface area contributed by atoms with Crippen molar-refractivity contribution >= 4 is 17.4 Å². The molecule has 1 atom stereocenters.